The largest absolute Gasteiger partial charge is 0.447 e. The number of halogens is 4. The van der Waals surface area contributed by atoms with Crippen LogP contribution in [0.15, 0.2) is 48.8 Å². The highest BCUT2D eigenvalue weighted by molar-refractivity contribution is 6.33. The number of aromatic nitrogens is 3. The fourth-order valence-electron chi connectivity index (χ4n) is 2.63. The average molecular weight is 484 g/mol. The van der Waals surface area contributed by atoms with E-state index < -0.39 is 30.2 Å². The Labute approximate surface area is 191 Å². The Hall–Kier alpha value is -3.24. The first kappa shape index (κ1) is 23.4. The highest BCUT2D eigenvalue weighted by Crippen LogP contribution is 2.25. The molecule has 0 saturated heterocycles. The number of rotatable bonds is 7. The number of carbonyl (C=O) groups excluding carboxylic acids is 2. The van der Waals surface area contributed by atoms with E-state index in [0.29, 0.717) is 10.7 Å². The minimum absolute atomic E-state index is 0.0998. The molecule has 0 aliphatic heterocycles. The maximum absolute atomic E-state index is 13.5. The van der Waals surface area contributed by atoms with Crippen LogP contribution in [0.1, 0.15) is 29.4 Å². The normalized spacial score (nSPS) is 11.8. The van der Waals surface area contributed by atoms with Gasteiger partial charge in [-0.25, -0.2) is 23.2 Å². The fraction of sp³-hybridized carbons (Fsp3) is 0.200. The van der Waals surface area contributed by atoms with Gasteiger partial charge in [-0.15, -0.1) is 0 Å². The van der Waals surface area contributed by atoms with E-state index >= 15 is 0 Å². The molecule has 3 rings (SSSR count). The molecule has 0 bridgehead atoms. The molecule has 0 spiro atoms. The summed E-state index contributed by atoms with van der Waals surface area (Å²) in [5.74, 6) is -0.719. The Kier molecular flexibility index (Phi) is 7.60. The lowest BCUT2D eigenvalue weighted by Gasteiger charge is -2.15. The molecule has 3 aromatic rings. The van der Waals surface area contributed by atoms with Crippen LogP contribution in [0.4, 0.5) is 19.3 Å². The number of para-hydroxylation sites is 1. The minimum Gasteiger partial charge on any atom is -0.447 e. The van der Waals surface area contributed by atoms with Crippen LogP contribution in [0.2, 0.25) is 10.0 Å². The van der Waals surface area contributed by atoms with Crippen LogP contribution in [-0.4, -0.2) is 39.4 Å². The van der Waals surface area contributed by atoms with Crippen molar-refractivity contribution in [2.75, 3.05) is 11.9 Å². The summed E-state index contributed by atoms with van der Waals surface area (Å²) in [6.07, 6.45) is -1.27. The first-order chi connectivity index (χ1) is 15.3. The molecule has 0 radical (unpaired) electrons. The topological polar surface area (TPSA) is 98.1 Å². The van der Waals surface area contributed by atoms with Crippen molar-refractivity contribution in [3.05, 3.63) is 70.1 Å². The number of anilines is 1. The SMILES string of the molecule is C[C@@H](COC(=O)Nc1ccccc1Cl)NC(=O)c1cn(-c2ncccc2Cl)nc1C(F)F. The molecule has 2 N–H and O–H groups in total. The fourth-order valence-corrected chi connectivity index (χ4v) is 3.02. The lowest BCUT2D eigenvalue weighted by atomic mass is 10.2. The van der Waals surface area contributed by atoms with Gasteiger partial charge in [0.25, 0.3) is 12.3 Å². The van der Waals surface area contributed by atoms with Crippen molar-refractivity contribution in [1.82, 2.24) is 20.1 Å². The van der Waals surface area contributed by atoms with Crippen LogP contribution in [0.3, 0.4) is 0 Å². The molecule has 8 nitrogen and oxygen atoms in total. The van der Waals surface area contributed by atoms with Gasteiger partial charge in [-0.1, -0.05) is 35.3 Å². The van der Waals surface area contributed by atoms with E-state index in [-0.39, 0.29) is 23.0 Å². The molecule has 168 valence electrons. The number of benzene rings is 1. The smallest absolute Gasteiger partial charge is 0.411 e. The number of hydrogen-bond donors (Lipinski definition) is 2. The molecule has 1 atom stereocenters. The summed E-state index contributed by atoms with van der Waals surface area (Å²) < 4.78 is 33.0. The van der Waals surface area contributed by atoms with Crippen molar-refractivity contribution in [3.8, 4) is 5.82 Å². The Morgan fingerprint density at radius 3 is 2.56 bits per heavy atom. The van der Waals surface area contributed by atoms with Crippen molar-refractivity contribution in [3.63, 3.8) is 0 Å². The number of hydrogen-bond acceptors (Lipinski definition) is 5. The second kappa shape index (κ2) is 10.4. The Morgan fingerprint density at radius 1 is 1.16 bits per heavy atom. The number of alkyl halides is 2. The number of nitrogens with one attached hydrogen (secondary N) is 2. The number of nitrogens with zero attached hydrogens (tertiary/aromatic N) is 3. The molecule has 0 fully saturated rings. The predicted molar refractivity (Wildman–Crippen MR) is 115 cm³/mol. The molecule has 0 aliphatic carbocycles. The van der Waals surface area contributed by atoms with Crippen LogP contribution in [-0.2, 0) is 4.74 Å². The van der Waals surface area contributed by atoms with Gasteiger partial charge >= 0.3 is 6.09 Å². The summed E-state index contributed by atoms with van der Waals surface area (Å²) in [6, 6.07) is 8.97. The molecule has 1 aromatic carbocycles. The maximum Gasteiger partial charge on any atom is 0.411 e. The minimum atomic E-state index is -3.01. The summed E-state index contributed by atoms with van der Waals surface area (Å²) in [7, 11) is 0. The molecule has 2 amide bonds. The summed E-state index contributed by atoms with van der Waals surface area (Å²) in [4.78, 5) is 28.5. The van der Waals surface area contributed by atoms with E-state index in [2.05, 4.69) is 20.7 Å². The average Bonchev–Trinajstić information content (AvgIpc) is 3.20. The lowest BCUT2D eigenvalue weighted by Crippen LogP contribution is -2.37. The van der Waals surface area contributed by atoms with E-state index in [1.165, 1.54) is 12.3 Å². The van der Waals surface area contributed by atoms with Gasteiger partial charge in [0.2, 0.25) is 0 Å². The molecular formula is C20H17Cl2F2N5O3. The van der Waals surface area contributed by atoms with E-state index in [1.54, 1.807) is 37.3 Å². The standard InChI is InChI=1S/C20H17Cl2F2N5O3/c1-11(10-32-20(31)27-15-7-3-2-5-13(15)21)26-19(30)12-9-29(28-16(12)17(23)24)18-14(22)6-4-8-25-18/h2-9,11,17H,10H2,1H3,(H,26,30)(H,27,31)/t11-/m0/s1. The van der Waals surface area contributed by atoms with Crippen molar-refractivity contribution in [2.24, 2.45) is 0 Å². The third-order valence-corrected chi connectivity index (χ3v) is 4.73. The Bertz CT molecular complexity index is 1130. The Balaban J connectivity index is 1.64. The van der Waals surface area contributed by atoms with Crippen LogP contribution in [0, 0.1) is 0 Å². The molecule has 12 heteroatoms. The first-order valence-corrected chi connectivity index (χ1v) is 9.99. The van der Waals surface area contributed by atoms with Gasteiger partial charge < -0.3 is 10.1 Å². The van der Waals surface area contributed by atoms with Crippen molar-refractivity contribution in [1.29, 1.82) is 0 Å². The van der Waals surface area contributed by atoms with Gasteiger partial charge in [0, 0.05) is 12.4 Å². The van der Waals surface area contributed by atoms with Crippen LogP contribution >= 0.6 is 23.2 Å². The van der Waals surface area contributed by atoms with Gasteiger partial charge in [-0.3, -0.25) is 10.1 Å². The van der Waals surface area contributed by atoms with E-state index in [0.717, 1.165) is 10.9 Å². The first-order valence-electron chi connectivity index (χ1n) is 9.24. The number of ether oxygens (including phenoxy) is 1. The second-order valence-corrected chi connectivity index (χ2v) is 7.37. The molecule has 2 aromatic heterocycles. The molecule has 2 heterocycles. The molecule has 0 saturated carbocycles. The van der Waals surface area contributed by atoms with Crippen molar-refractivity contribution < 1.29 is 23.1 Å². The van der Waals surface area contributed by atoms with Gasteiger partial charge in [-0.2, -0.15) is 5.10 Å². The summed E-state index contributed by atoms with van der Waals surface area (Å²) in [5.41, 5.74) is -0.721. The third-order valence-electron chi connectivity index (χ3n) is 4.10. The monoisotopic (exact) mass is 483 g/mol. The van der Waals surface area contributed by atoms with Crippen LogP contribution in [0.5, 0.6) is 0 Å². The Morgan fingerprint density at radius 2 is 1.88 bits per heavy atom. The number of pyridine rings is 1. The molecule has 0 aliphatic rings. The summed E-state index contributed by atoms with van der Waals surface area (Å²) in [6.45, 7) is 1.33. The lowest BCUT2D eigenvalue weighted by molar-refractivity contribution is 0.0896. The quantitative estimate of drug-likeness (QED) is 0.498. The zero-order valence-corrected chi connectivity index (χ0v) is 18.1. The number of amides is 2. The van der Waals surface area contributed by atoms with E-state index in [9.17, 15) is 18.4 Å². The van der Waals surface area contributed by atoms with Gasteiger partial charge in [0.1, 0.15) is 12.3 Å². The van der Waals surface area contributed by atoms with E-state index in [1.807, 2.05) is 0 Å². The highest BCUT2D eigenvalue weighted by atomic mass is 35.5. The molecule has 0 unspecified atom stereocenters. The van der Waals surface area contributed by atoms with E-state index in [4.69, 9.17) is 27.9 Å². The van der Waals surface area contributed by atoms with Gasteiger partial charge in [0.15, 0.2) is 5.82 Å². The van der Waals surface area contributed by atoms with Gasteiger partial charge in [-0.05, 0) is 31.2 Å². The highest BCUT2D eigenvalue weighted by Gasteiger charge is 2.25. The zero-order chi connectivity index (χ0) is 23.3. The maximum atomic E-state index is 13.5. The molecular weight excluding hydrogens is 467 g/mol. The van der Waals surface area contributed by atoms with Crippen LogP contribution in [0.25, 0.3) is 5.82 Å². The summed E-state index contributed by atoms with van der Waals surface area (Å²) in [5, 5.41) is 9.21. The number of carbonyl (C=O) groups is 2. The van der Waals surface area contributed by atoms with Crippen molar-refractivity contribution in [2.45, 2.75) is 19.4 Å². The predicted octanol–water partition coefficient (Wildman–Crippen LogP) is 4.88. The zero-order valence-electron chi connectivity index (χ0n) is 16.6. The van der Waals surface area contributed by atoms with Gasteiger partial charge in [0.05, 0.1) is 27.3 Å². The molecule has 32 heavy (non-hydrogen) atoms. The van der Waals surface area contributed by atoms with Crippen LogP contribution < -0.4 is 10.6 Å². The van der Waals surface area contributed by atoms with Crippen molar-refractivity contribution >= 4 is 40.9 Å². The summed E-state index contributed by atoms with van der Waals surface area (Å²) >= 11 is 12.0. The third kappa shape index (κ3) is 5.71. The second-order valence-electron chi connectivity index (χ2n) is 6.56.